The average Bonchev–Trinajstić information content (AvgIpc) is 2.91. The molecule has 0 atom stereocenters. The van der Waals surface area contributed by atoms with Crippen LogP contribution in [0.25, 0.3) is 22.2 Å². The molecule has 0 radical (unpaired) electrons. The molecule has 0 aliphatic carbocycles. The third kappa shape index (κ3) is 5.11. The molecule has 0 saturated heterocycles. The van der Waals surface area contributed by atoms with Gasteiger partial charge in [0.25, 0.3) is 0 Å². The molecule has 3 aromatic heterocycles. The number of ketones is 1. The summed E-state index contributed by atoms with van der Waals surface area (Å²) in [5, 5.41) is 0. The fourth-order valence-corrected chi connectivity index (χ4v) is 4.30. The number of H-pyrrole nitrogens is 1. The summed E-state index contributed by atoms with van der Waals surface area (Å²) < 4.78 is 39.7. The number of aromatic amines is 1. The molecule has 0 aliphatic heterocycles. The molecule has 196 valence electrons. The van der Waals surface area contributed by atoms with E-state index >= 15 is 4.39 Å². The molecular weight excluding hydrogens is 504 g/mol. The standard InChI is InChI=1S/C30H23F2N3O4/c1-16-10-19(5-6-22(16)31)21-15-34-17(2)28(30(21)37)25(36)12-18-4-7-26(23(32)11-18)39-27-8-9-33-24-13-20(38-3)14-35-29(24)27/h4-11,13-15H,12H2,1-3H3,(H,34,37). The quantitative estimate of drug-likeness (QED) is 0.257. The van der Waals surface area contributed by atoms with Crippen molar-refractivity contribution in [3.8, 4) is 28.4 Å². The summed E-state index contributed by atoms with van der Waals surface area (Å²) in [5.41, 5.74) is 2.34. The number of nitrogens with one attached hydrogen (secondary N) is 1. The number of aryl methyl sites for hydroxylation is 2. The van der Waals surface area contributed by atoms with E-state index in [1.54, 1.807) is 38.1 Å². The predicted octanol–water partition coefficient (Wildman–Crippen LogP) is 6.11. The Morgan fingerprint density at radius 2 is 1.79 bits per heavy atom. The first-order chi connectivity index (χ1) is 18.7. The van der Waals surface area contributed by atoms with E-state index in [-0.39, 0.29) is 29.1 Å². The second-order valence-corrected chi connectivity index (χ2v) is 9.01. The molecule has 3 heterocycles. The van der Waals surface area contributed by atoms with Crippen molar-refractivity contribution in [2.24, 2.45) is 0 Å². The number of hydrogen-bond donors (Lipinski definition) is 1. The van der Waals surface area contributed by atoms with Crippen molar-refractivity contribution in [3.63, 3.8) is 0 Å². The summed E-state index contributed by atoms with van der Waals surface area (Å²) in [6.07, 6.45) is 4.33. The lowest BCUT2D eigenvalue weighted by Gasteiger charge is -2.11. The van der Waals surface area contributed by atoms with Gasteiger partial charge in [0.1, 0.15) is 17.1 Å². The lowest BCUT2D eigenvalue weighted by atomic mass is 9.97. The van der Waals surface area contributed by atoms with Crippen LogP contribution in [0.3, 0.4) is 0 Å². The zero-order valence-corrected chi connectivity index (χ0v) is 21.3. The van der Waals surface area contributed by atoms with Gasteiger partial charge in [-0.15, -0.1) is 0 Å². The first kappa shape index (κ1) is 25.7. The van der Waals surface area contributed by atoms with Gasteiger partial charge in [-0.25, -0.2) is 13.8 Å². The van der Waals surface area contributed by atoms with Gasteiger partial charge in [0.05, 0.1) is 24.4 Å². The van der Waals surface area contributed by atoms with Crippen LogP contribution < -0.4 is 14.9 Å². The van der Waals surface area contributed by atoms with Gasteiger partial charge in [0.15, 0.2) is 28.5 Å². The highest BCUT2D eigenvalue weighted by molar-refractivity contribution is 5.99. The number of halogens is 2. The molecule has 0 amide bonds. The molecular formula is C30H23F2N3O4. The molecule has 0 unspecified atom stereocenters. The van der Waals surface area contributed by atoms with Crippen molar-refractivity contribution < 1.29 is 23.0 Å². The molecule has 0 bridgehead atoms. The molecule has 0 fully saturated rings. The highest BCUT2D eigenvalue weighted by atomic mass is 19.1. The van der Waals surface area contributed by atoms with Gasteiger partial charge in [0, 0.05) is 42.2 Å². The Morgan fingerprint density at radius 1 is 0.974 bits per heavy atom. The SMILES string of the molecule is COc1cnc2c(Oc3ccc(CC(=O)c4c(C)[nH]cc(-c5ccc(F)c(C)c5)c4=O)cc3F)ccnc2c1. The number of benzene rings is 2. The molecule has 39 heavy (non-hydrogen) atoms. The summed E-state index contributed by atoms with van der Waals surface area (Å²) in [6.45, 7) is 3.22. The van der Waals surface area contributed by atoms with Gasteiger partial charge in [-0.3, -0.25) is 14.6 Å². The summed E-state index contributed by atoms with van der Waals surface area (Å²) in [7, 11) is 1.52. The van der Waals surface area contributed by atoms with Crippen LogP contribution in [-0.2, 0) is 6.42 Å². The van der Waals surface area contributed by atoms with Crippen LogP contribution in [0.1, 0.15) is 27.2 Å². The number of carbonyl (C=O) groups is 1. The third-order valence-corrected chi connectivity index (χ3v) is 6.36. The topological polar surface area (TPSA) is 94.2 Å². The molecule has 5 rings (SSSR count). The number of pyridine rings is 3. The molecule has 7 nitrogen and oxygen atoms in total. The maximum atomic E-state index is 15.0. The van der Waals surface area contributed by atoms with Crippen molar-refractivity contribution >= 4 is 16.8 Å². The van der Waals surface area contributed by atoms with Crippen molar-refractivity contribution in [1.82, 2.24) is 15.0 Å². The smallest absolute Gasteiger partial charge is 0.200 e. The summed E-state index contributed by atoms with van der Waals surface area (Å²) >= 11 is 0. The van der Waals surface area contributed by atoms with Crippen molar-refractivity contribution in [2.45, 2.75) is 20.3 Å². The number of Topliss-reactive ketones (excluding diaryl/α,β-unsaturated/α-hetero) is 1. The molecule has 0 saturated carbocycles. The average molecular weight is 528 g/mol. The van der Waals surface area contributed by atoms with Gasteiger partial charge in [0.2, 0.25) is 0 Å². The fourth-order valence-electron chi connectivity index (χ4n) is 4.30. The van der Waals surface area contributed by atoms with E-state index in [4.69, 9.17) is 9.47 Å². The number of methoxy groups -OCH3 is 1. The largest absolute Gasteiger partial charge is 0.495 e. The van der Waals surface area contributed by atoms with Crippen LogP contribution in [0.2, 0.25) is 0 Å². The van der Waals surface area contributed by atoms with Crippen LogP contribution in [0.5, 0.6) is 17.2 Å². The Morgan fingerprint density at radius 3 is 2.54 bits per heavy atom. The second kappa shape index (κ2) is 10.4. The zero-order chi connectivity index (χ0) is 27.7. The van der Waals surface area contributed by atoms with E-state index in [0.717, 1.165) is 0 Å². The molecule has 0 spiro atoms. The number of aromatic nitrogens is 3. The number of ether oxygens (including phenoxy) is 2. The number of hydrogen-bond acceptors (Lipinski definition) is 6. The molecule has 1 N–H and O–H groups in total. The molecule has 0 aliphatic rings. The lowest BCUT2D eigenvalue weighted by molar-refractivity contribution is 0.0991. The molecule has 9 heteroatoms. The number of carbonyl (C=O) groups excluding carboxylic acids is 1. The van der Waals surface area contributed by atoms with E-state index in [2.05, 4.69) is 15.0 Å². The van der Waals surface area contributed by atoms with Gasteiger partial charge in [-0.05, 0) is 54.8 Å². The van der Waals surface area contributed by atoms with E-state index in [0.29, 0.717) is 44.9 Å². The number of nitrogens with zero attached hydrogens (tertiary/aromatic N) is 2. The Bertz CT molecular complexity index is 1800. The first-order valence-electron chi connectivity index (χ1n) is 12.0. The number of fused-ring (bicyclic) bond motifs is 1. The van der Waals surface area contributed by atoms with Gasteiger partial charge in [-0.1, -0.05) is 12.1 Å². The summed E-state index contributed by atoms with van der Waals surface area (Å²) in [6, 6.07) is 11.8. The third-order valence-electron chi connectivity index (χ3n) is 6.36. The minimum Gasteiger partial charge on any atom is -0.495 e. The Labute approximate surface area is 222 Å². The second-order valence-electron chi connectivity index (χ2n) is 9.01. The lowest BCUT2D eigenvalue weighted by Crippen LogP contribution is -2.21. The van der Waals surface area contributed by atoms with Crippen molar-refractivity contribution in [3.05, 3.63) is 111 Å². The van der Waals surface area contributed by atoms with Crippen molar-refractivity contribution in [1.29, 1.82) is 0 Å². The van der Waals surface area contributed by atoms with Crippen LogP contribution in [0, 0.1) is 25.5 Å². The highest BCUT2D eigenvalue weighted by Crippen LogP contribution is 2.31. The van der Waals surface area contributed by atoms with Crippen molar-refractivity contribution in [2.75, 3.05) is 7.11 Å². The minimum absolute atomic E-state index is 0.0278. The Hall–Kier alpha value is -4.92. The van der Waals surface area contributed by atoms with Gasteiger partial charge >= 0.3 is 0 Å². The van der Waals surface area contributed by atoms with E-state index in [9.17, 15) is 14.0 Å². The van der Waals surface area contributed by atoms with Gasteiger partial charge < -0.3 is 14.5 Å². The van der Waals surface area contributed by atoms with E-state index < -0.39 is 17.0 Å². The molecule has 2 aromatic carbocycles. The van der Waals surface area contributed by atoms with E-state index in [1.807, 2.05) is 0 Å². The van der Waals surface area contributed by atoms with E-state index in [1.165, 1.54) is 50.0 Å². The summed E-state index contributed by atoms with van der Waals surface area (Å²) in [5.74, 6) is -0.762. The van der Waals surface area contributed by atoms with Crippen LogP contribution in [0.15, 0.2) is 71.9 Å². The summed E-state index contributed by atoms with van der Waals surface area (Å²) in [4.78, 5) is 37.9. The Balaban J connectivity index is 1.40. The van der Waals surface area contributed by atoms with Gasteiger partial charge in [-0.2, -0.15) is 0 Å². The zero-order valence-electron chi connectivity index (χ0n) is 21.3. The first-order valence-corrected chi connectivity index (χ1v) is 12.0. The predicted molar refractivity (Wildman–Crippen MR) is 143 cm³/mol. The highest BCUT2D eigenvalue weighted by Gasteiger charge is 2.19. The Kier molecular flexibility index (Phi) is 6.89. The normalized spacial score (nSPS) is 11.0. The monoisotopic (exact) mass is 527 g/mol. The fraction of sp³-hybridized carbons (Fsp3) is 0.133. The minimum atomic E-state index is -0.681. The maximum Gasteiger partial charge on any atom is 0.200 e. The number of rotatable bonds is 7. The molecule has 5 aromatic rings. The van der Waals surface area contributed by atoms with Crippen LogP contribution in [0.4, 0.5) is 8.78 Å². The van der Waals surface area contributed by atoms with Crippen LogP contribution >= 0.6 is 0 Å². The van der Waals surface area contributed by atoms with Crippen LogP contribution in [-0.4, -0.2) is 27.8 Å². The maximum absolute atomic E-state index is 15.0.